The Morgan fingerprint density at radius 1 is 1.26 bits per heavy atom. The Balaban J connectivity index is 2.26. The van der Waals surface area contributed by atoms with Gasteiger partial charge in [-0.3, -0.25) is 0 Å². The molecule has 96 valence electrons. The fourth-order valence-electron chi connectivity index (χ4n) is 1.62. The lowest BCUT2D eigenvalue weighted by molar-refractivity contribution is 0.198. The van der Waals surface area contributed by atoms with Crippen LogP contribution in [0.15, 0.2) is 42.5 Å². The van der Waals surface area contributed by atoms with E-state index in [4.69, 9.17) is 10.00 Å². The molecule has 0 aliphatic rings. The maximum absolute atomic E-state index is 13.8. The molecule has 0 saturated carbocycles. The lowest BCUT2D eigenvalue weighted by atomic mass is 10.1. The number of halogens is 1. The Labute approximate surface area is 110 Å². The smallest absolute Gasteiger partial charge is 0.166 e. The van der Waals surface area contributed by atoms with E-state index >= 15 is 0 Å². The highest BCUT2D eigenvalue weighted by molar-refractivity contribution is 5.40. The largest absolute Gasteiger partial charge is 0.454 e. The minimum atomic E-state index is -0.731. The molecule has 0 radical (unpaired) electrons. The van der Waals surface area contributed by atoms with E-state index in [0.717, 1.165) is 0 Å². The molecule has 0 amide bonds. The second kappa shape index (κ2) is 5.51. The third-order valence-electron chi connectivity index (χ3n) is 2.63. The zero-order valence-electron chi connectivity index (χ0n) is 10.3. The molecule has 0 spiro atoms. The number of aliphatic hydroxyl groups is 1. The van der Waals surface area contributed by atoms with Crippen molar-refractivity contribution >= 4 is 0 Å². The van der Waals surface area contributed by atoms with Crippen LogP contribution in [0.5, 0.6) is 11.5 Å². The molecule has 4 heteroatoms. The lowest BCUT2D eigenvalue weighted by Crippen LogP contribution is -1.94. The Morgan fingerprint density at radius 2 is 2.05 bits per heavy atom. The first kappa shape index (κ1) is 13.1. The Kier molecular flexibility index (Phi) is 3.79. The Bertz CT molecular complexity index is 632. The number of nitriles is 1. The highest BCUT2D eigenvalue weighted by atomic mass is 19.1. The molecular formula is C15H12FNO2. The Hall–Kier alpha value is -2.38. The number of benzene rings is 2. The summed E-state index contributed by atoms with van der Waals surface area (Å²) in [7, 11) is 0. The first-order valence-electron chi connectivity index (χ1n) is 5.75. The summed E-state index contributed by atoms with van der Waals surface area (Å²) in [4.78, 5) is 0. The molecule has 0 aliphatic heterocycles. The average molecular weight is 257 g/mol. The second-order valence-corrected chi connectivity index (χ2v) is 4.11. The van der Waals surface area contributed by atoms with E-state index in [0.29, 0.717) is 16.9 Å². The van der Waals surface area contributed by atoms with Gasteiger partial charge in [-0.1, -0.05) is 12.1 Å². The molecule has 0 heterocycles. The van der Waals surface area contributed by atoms with E-state index in [9.17, 15) is 9.50 Å². The van der Waals surface area contributed by atoms with E-state index < -0.39 is 11.9 Å². The van der Waals surface area contributed by atoms with Crippen LogP contribution in [0.2, 0.25) is 0 Å². The fourth-order valence-corrected chi connectivity index (χ4v) is 1.62. The molecule has 19 heavy (non-hydrogen) atoms. The second-order valence-electron chi connectivity index (χ2n) is 4.11. The van der Waals surface area contributed by atoms with Crippen molar-refractivity contribution in [3.63, 3.8) is 0 Å². The van der Waals surface area contributed by atoms with Crippen molar-refractivity contribution in [2.75, 3.05) is 0 Å². The SMILES string of the molecule is C[C@@H](O)c1ccc(Oc2cccc(C#N)c2)c(F)c1. The topological polar surface area (TPSA) is 53.2 Å². The van der Waals surface area contributed by atoms with Gasteiger partial charge in [-0.2, -0.15) is 5.26 Å². The maximum atomic E-state index is 13.8. The van der Waals surface area contributed by atoms with Gasteiger partial charge in [0.25, 0.3) is 0 Å². The van der Waals surface area contributed by atoms with E-state index in [1.807, 2.05) is 6.07 Å². The van der Waals surface area contributed by atoms with Gasteiger partial charge in [0.2, 0.25) is 0 Å². The maximum Gasteiger partial charge on any atom is 0.166 e. The summed E-state index contributed by atoms with van der Waals surface area (Å²) in [6, 6.07) is 12.7. The molecule has 0 bridgehead atoms. The minimum Gasteiger partial charge on any atom is -0.454 e. The van der Waals surface area contributed by atoms with Gasteiger partial charge in [-0.05, 0) is 42.8 Å². The zero-order valence-corrected chi connectivity index (χ0v) is 10.3. The van der Waals surface area contributed by atoms with Gasteiger partial charge < -0.3 is 9.84 Å². The van der Waals surface area contributed by atoms with Crippen LogP contribution in [0, 0.1) is 17.1 Å². The van der Waals surface area contributed by atoms with Gasteiger partial charge in [0.1, 0.15) is 5.75 Å². The van der Waals surface area contributed by atoms with Gasteiger partial charge in [-0.25, -0.2) is 4.39 Å². The predicted molar refractivity (Wildman–Crippen MR) is 68.3 cm³/mol. The van der Waals surface area contributed by atoms with Gasteiger partial charge in [0.15, 0.2) is 11.6 Å². The predicted octanol–water partition coefficient (Wildman–Crippen LogP) is 3.54. The first-order valence-corrected chi connectivity index (χ1v) is 5.75. The number of ether oxygens (including phenoxy) is 1. The molecular weight excluding hydrogens is 245 g/mol. The molecule has 2 aromatic carbocycles. The van der Waals surface area contributed by atoms with Gasteiger partial charge in [0.05, 0.1) is 17.7 Å². The molecule has 0 fully saturated rings. The van der Waals surface area contributed by atoms with Crippen LogP contribution in [0.25, 0.3) is 0 Å². The van der Waals surface area contributed by atoms with Crippen LogP contribution in [0.3, 0.4) is 0 Å². The number of aliphatic hydroxyl groups excluding tert-OH is 1. The third-order valence-corrected chi connectivity index (χ3v) is 2.63. The monoisotopic (exact) mass is 257 g/mol. The molecule has 1 N–H and O–H groups in total. The van der Waals surface area contributed by atoms with E-state index in [1.165, 1.54) is 18.2 Å². The Morgan fingerprint density at radius 3 is 2.68 bits per heavy atom. The van der Waals surface area contributed by atoms with Crippen LogP contribution in [0.1, 0.15) is 24.2 Å². The normalized spacial score (nSPS) is 11.7. The first-order chi connectivity index (χ1) is 9.10. The van der Waals surface area contributed by atoms with E-state index in [1.54, 1.807) is 31.2 Å². The van der Waals surface area contributed by atoms with Crippen molar-refractivity contribution in [3.05, 3.63) is 59.4 Å². The highest BCUT2D eigenvalue weighted by Gasteiger charge is 2.09. The standard InChI is InChI=1S/C15H12FNO2/c1-10(18)12-5-6-15(14(16)8-12)19-13-4-2-3-11(7-13)9-17/h2-8,10,18H,1H3/t10-/m1/s1. The quantitative estimate of drug-likeness (QED) is 0.914. The number of hydrogen-bond donors (Lipinski definition) is 1. The molecule has 0 aliphatic carbocycles. The molecule has 3 nitrogen and oxygen atoms in total. The van der Waals surface area contributed by atoms with Crippen molar-refractivity contribution in [2.45, 2.75) is 13.0 Å². The lowest BCUT2D eigenvalue weighted by Gasteiger charge is -2.09. The summed E-state index contributed by atoms with van der Waals surface area (Å²) >= 11 is 0. The molecule has 1 atom stereocenters. The van der Waals surface area contributed by atoms with E-state index in [2.05, 4.69) is 0 Å². The average Bonchev–Trinajstić information content (AvgIpc) is 2.41. The van der Waals surface area contributed by atoms with Crippen molar-refractivity contribution in [3.8, 4) is 17.6 Å². The molecule has 2 aromatic rings. The van der Waals surface area contributed by atoms with Crippen LogP contribution < -0.4 is 4.74 Å². The van der Waals surface area contributed by atoms with Gasteiger partial charge in [-0.15, -0.1) is 0 Å². The summed E-state index contributed by atoms with van der Waals surface area (Å²) in [5.41, 5.74) is 0.925. The van der Waals surface area contributed by atoms with Crippen molar-refractivity contribution < 1.29 is 14.2 Å². The van der Waals surface area contributed by atoms with Gasteiger partial charge in [0, 0.05) is 0 Å². The number of nitrogens with zero attached hydrogens (tertiary/aromatic N) is 1. The molecule has 0 unspecified atom stereocenters. The summed E-state index contributed by atoms with van der Waals surface area (Å²) in [6.45, 7) is 1.56. The molecule has 0 saturated heterocycles. The molecule has 2 rings (SSSR count). The van der Waals surface area contributed by atoms with E-state index in [-0.39, 0.29) is 5.75 Å². The fraction of sp³-hybridized carbons (Fsp3) is 0.133. The van der Waals surface area contributed by atoms with Gasteiger partial charge >= 0.3 is 0 Å². The van der Waals surface area contributed by atoms with Crippen LogP contribution in [-0.2, 0) is 0 Å². The summed E-state index contributed by atoms with van der Waals surface area (Å²) < 4.78 is 19.2. The zero-order chi connectivity index (χ0) is 13.8. The third kappa shape index (κ3) is 3.09. The highest BCUT2D eigenvalue weighted by Crippen LogP contribution is 2.27. The van der Waals surface area contributed by atoms with Crippen LogP contribution in [0.4, 0.5) is 4.39 Å². The summed E-state index contributed by atoms with van der Waals surface area (Å²) in [5, 5.41) is 18.1. The minimum absolute atomic E-state index is 0.0551. The summed E-state index contributed by atoms with van der Waals surface area (Å²) in [6.07, 6.45) is -0.731. The number of rotatable bonds is 3. The van der Waals surface area contributed by atoms with Crippen molar-refractivity contribution in [1.29, 1.82) is 5.26 Å². The molecule has 0 aromatic heterocycles. The van der Waals surface area contributed by atoms with Crippen LogP contribution >= 0.6 is 0 Å². The van der Waals surface area contributed by atoms with Crippen LogP contribution in [-0.4, -0.2) is 5.11 Å². The van der Waals surface area contributed by atoms with Crippen molar-refractivity contribution in [2.24, 2.45) is 0 Å². The number of hydrogen-bond acceptors (Lipinski definition) is 3. The van der Waals surface area contributed by atoms with Crippen molar-refractivity contribution in [1.82, 2.24) is 0 Å². The summed E-state index contributed by atoms with van der Waals surface area (Å²) in [5.74, 6) is -0.108.